The number of pyridine rings is 1. The maximum Gasteiger partial charge on any atom is 0.391 e. The molecule has 1 aliphatic carbocycles. The molecule has 1 fully saturated rings. The fourth-order valence-corrected chi connectivity index (χ4v) is 3.72. The fraction of sp³-hybridized carbons (Fsp3) is 0.667. The lowest BCUT2D eigenvalue weighted by Crippen LogP contribution is -2.32. The van der Waals surface area contributed by atoms with Gasteiger partial charge in [0.2, 0.25) is 0 Å². The lowest BCUT2D eigenvalue weighted by molar-refractivity contribution is -0.185. The van der Waals surface area contributed by atoms with Gasteiger partial charge in [-0.15, -0.1) is 0 Å². The van der Waals surface area contributed by atoms with Crippen LogP contribution in [0.3, 0.4) is 0 Å². The zero-order chi connectivity index (χ0) is 14.8. The van der Waals surface area contributed by atoms with Crippen LogP contribution in [0.4, 0.5) is 13.2 Å². The molecule has 112 valence electrons. The molecule has 3 unspecified atom stereocenters. The highest BCUT2D eigenvalue weighted by Gasteiger charge is 2.43. The third-order valence-electron chi connectivity index (χ3n) is 4.20. The summed E-state index contributed by atoms with van der Waals surface area (Å²) in [7, 11) is 0. The molecule has 1 aliphatic rings. The fourth-order valence-electron chi connectivity index (χ4n) is 2.94. The molecule has 0 aliphatic heterocycles. The topological polar surface area (TPSA) is 12.9 Å². The minimum atomic E-state index is -4.05. The van der Waals surface area contributed by atoms with Crippen molar-refractivity contribution in [3.8, 4) is 0 Å². The molecule has 0 aromatic carbocycles. The Kier molecular flexibility index (Phi) is 5.10. The van der Waals surface area contributed by atoms with E-state index in [-0.39, 0.29) is 23.6 Å². The highest BCUT2D eigenvalue weighted by atomic mass is 79.9. The van der Waals surface area contributed by atoms with Crippen molar-refractivity contribution in [3.05, 3.63) is 29.6 Å². The molecule has 0 amide bonds. The smallest absolute Gasteiger partial charge is 0.261 e. The number of hydrogen-bond donors (Lipinski definition) is 0. The molecule has 5 heteroatoms. The first-order valence-electron chi connectivity index (χ1n) is 6.99. The Morgan fingerprint density at radius 3 is 2.80 bits per heavy atom. The first-order chi connectivity index (χ1) is 9.38. The van der Waals surface area contributed by atoms with E-state index in [4.69, 9.17) is 0 Å². The van der Waals surface area contributed by atoms with Crippen molar-refractivity contribution in [2.75, 3.05) is 0 Å². The van der Waals surface area contributed by atoms with Gasteiger partial charge in [-0.05, 0) is 43.7 Å². The molecule has 1 saturated carbocycles. The standard InChI is InChI=1S/C15H19BrF3N/c1-10-4-3-7-20-14(10)9-13(16)11-5-2-6-12(8-11)15(17,18)19/h3-4,7,11-13H,2,5-6,8-9H2,1H3. The Morgan fingerprint density at radius 2 is 2.15 bits per heavy atom. The molecule has 1 nitrogen and oxygen atoms in total. The molecule has 0 bridgehead atoms. The summed E-state index contributed by atoms with van der Waals surface area (Å²) in [5.74, 6) is -1.05. The van der Waals surface area contributed by atoms with Crippen LogP contribution in [-0.2, 0) is 6.42 Å². The molecule has 1 aromatic rings. The maximum atomic E-state index is 12.8. The van der Waals surface area contributed by atoms with Crippen molar-refractivity contribution in [1.29, 1.82) is 0 Å². The zero-order valence-electron chi connectivity index (χ0n) is 11.5. The van der Waals surface area contributed by atoms with Gasteiger partial charge in [0.15, 0.2) is 0 Å². The molecular weight excluding hydrogens is 331 g/mol. The maximum absolute atomic E-state index is 12.8. The Morgan fingerprint density at radius 1 is 1.40 bits per heavy atom. The molecule has 0 spiro atoms. The largest absolute Gasteiger partial charge is 0.391 e. The average Bonchev–Trinajstić information content (AvgIpc) is 2.40. The van der Waals surface area contributed by atoms with E-state index in [0.717, 1.165) is 17.7 Å². The van der Waals surface area contributed by atoms with E-state index >= 15 is 0 Å². The number of hydrogen-bond acceptors (Lipinski definition) is 1. The van der Waals surface area contributed by atoms with Gasteiger partial charge in [0.25, 0.3) is 0 Å². The lowest BCUT2D eigenvalue weighted by atomic mass is 9.78. The molecule has 0 radical (unpaired) electrons. The quantitative estimate of drug-likeness (QED) is 0.694. The normalized spacial score (nSPS) is 25.4. The van der Waals surface area contributed by atoms with Gasteiger partial charge in [-0.2, -0.15) is 13.2 Å². The van der Waals surface area contributed by atoms with Gasteiger partial charge < -0.3 is 0 Å². The van der Waals surface area contributed by atoms with Gasteiger partial charge in [-0.1, -0.05) is 28.4 Å². The van der Waals surface area contributed by atoms with E-state index in [1.165, 1.54) is 0 Å². The van der Waals surface area contributed by atoms with Gasteiger partial charge in [-0.3, -0.25) is 4.98 Å². The lowest BCUT2D eigenvalue weighted by Gasteiger charge is -2.33. The second kappa shape index (κ2) is 6.46. The van der Waals surface area contributed by atoms with Crippen molar-refractivity contribution in [2.45, 2.75) is 50.0 Å². The minimum absolute atomic E-state index is 0.0706. The highest BCUT2D eigenvalue weighted by Crippen LogP contribution is 2.42. The predicted molar refractivity (Wildman–Crippen MR) is 76.9 cm³/mol. The van der Waals surface area contributed by atoms with Crippen molar-refractivity contribution in [2.24, 2.45) is 11.8 Å². The third-order valence-corrected chi connectivity index (χ3v) is 5.27. The first-order valence-corrected chi connectivity index (χ1v) is 7.90. The van der Waals surface area contributed by atoms with Crippen molar-refractivity contribution >= 4 is 15.9 Å². The first kappa shape index (κ1) is 15.8. The molecular formula is C15H19BrF3N. The molecule has 0 saturated heterocycles. The Hall–Kier alpha value is -0.580. The van der Waals surface area contributed by atoms with Crippen LogP contribution in [0.2, 0.25) is 0 Å². The number of aryl methyl sites for hydroxylation is 1. The zero-order valence-corrected chi connectivity index (χ0v) is 13.0. The molecule has 3 atom stereocenters. The Bertz CT molecular complexity index is 447. The van der Waals surface area contributed by atoms with Crippen LogP contribution in [-0.4, -0.2) is 16.0 Å². The monoisotopic (exact) mass is 349 g/mol. The van der Waals surface area contributed by atoms with Crippen LogP contribution < -0.4 is 0 Å². The summed E-state index contributed by atoms with van der Waals surface area (Å²) in [6.45, 7) is 1.99. The van der Waals surface area contributed by atoms with Gasteiger partial charge >= 0.3 is 6.18 Å². The summed E-state index contributed by atoms with van der Waals surface area (Å²) < 4.78 is 38.5. The molecule has 1 heterocycles. The van der Waals surface area contributed by atoms with E-state index < -0.39 is 12.1 Å². The van der Waals surface area contributed by atoms with Crippen molar-refractivity contribution in [3.63, 3.8) is 0 Å². The summed E-state index contributed by atoms with van der Waals surface area (Å²) in [5, 5.41) is 0. The Balaban J connectivity index is 1.99. The van der Waals surface area contributed by atoms with Crippen molar-refractivity contribution < 1.29 is 13.2 Å². The summed E-state index contributed by atoms with van der Waals surface area (Å²) in [6, 6.07) is 3.86. The van der Waals surface area contributed by atoms with Crippen LogP contribution >= 0.6 is 15.9 Å². The molecule has 1 aromatic heterocycles. The van der Waals surface area contributed by atoms with Crippen LogP contribution in [0.15, 0.2) is 18.3 Å². The SMILES string of the molecule is Cc1cccnc1CC(Br)C1CCCC(C(F)(F)F)C1. The molecule has 20 heavy (non-hydrogen) atoms. The van der Waals surface area contributed by atoms with Gasteiger partial charge in [0, 0.05) is 23.1 Å². The van der Waals surface area contributed by atoms with E-state index in [1.807, 2.05) is 19.1 Å². The predicted octanol–water partition coefficient (Wildman–Crippen LogP) is 5.06. The van der Waals surface area contributed by atoms with E-state index in [2.05, 4.69) is 20.9 Å². The van der Waals surface area contributed by atoms with E-state index in [0.29, 0.717) is 12.8 Å². The van der Waals surface area contributed by atoms with Crippen molar-refractivity contribution in [1.82, 2.24) is 4.98 Å². The van der Waals surface area contributed by atoms with Crippen LogP contribution in [0.1, 0.15) is 36.9 Å². The second-order valence-corrected chi connectivity index (χ2v) is 6.83. The Labute approximate surface area is 126 Å². The third kappa shape index (κ3) is 3.96. The average molecular weight is 350 g/mol. The van der Waals surface area contributed by atoms with Gasteiger partial charge in [-0.25, -0.2) is 0 Å². The number of nitrogens with zero attached hydrogens (tertiary/aromatic N) is 1. The summed E-state index contributed by atoms with van der Waals surface area (Å²) >= 11 is 3.60. The highest BCUT2D eigenvalue weighted by molar-refractivity contribution is 9.09. The number of aromatic nitrogens is 1. The minimum Gasteiger partial charge on any atom is -0.261 e. The second-order valence-electron chi connectivity index (χ2n) is 5.65. The van der Waals surface area contributed by atoms with Gasteiger partial charge in [0.05, 0.1) is 5.92 Å². The molecule has 0 N–H and O–H groups in total. The summed E-state index contributed by atoms with van der Waals surface area (Å²) in [6.07, 6.45) is 0.440. The molecule has 2 rings (SSSR count). The van der Waals surface area contributed by atoms with E-state index in [1.54, 1.807) is 6.20 Å². The number of alkyl halides is 4. The van der Waals surface area contributed by atoms with E-state index in [9.17, 15) is 13.2 Å². The summed E-state index contributed by atoms with van der Waals surface area (Å²) in [5.41, 5.74) is 2.07. The van der Waals surface area contributed by atoms with Crippen LogP contribution in [0.25, 0.3) is 0 Å². The van der Waals surface area contributed by atoms with Crippen LogP contribution in [0.5, 0.6) is 0 Å². The van der Waals surface area contributed by atoms with Gasteiger partial charge in [0.1, 0.15) is 0 Å². The number of halogens is 4. The number of rotatable bonds is 3. The van der Waals surface area contributed by atoms with Crippen LogP contribution in [0, 0.1) is 18.8 Å². The summed E-state index contributed by atoms with van der Waals surface area (Å²) in [4.78, 5) is 4.40.